The molecule has 0 unspecified atom stereocenters. The van der Waals surface area contributed by atoms with E-state index in [0.717, 1.165) is 23.9 Å². The molecule has 0 atom stereocenters. The standard InChI is InChI=1S/C14H20N2S/c1-11(2)12-7-3-4-8-13(12)15-14(17)16-9-5-6-10-16/h3-4,7-8,11H,5-6,9-10H2,1-2H3,(H,15,17). The second-order valence-corrected chi connectivity index (χ2v) is 5.25. The van der Waals surface area contributed by atoms with Gasteiger partial charge in [0.25, 0.3) is 0 Å². The average Bonchev–Trinajstić information content (AvgIpc) is 2.83. The van der Waals surface area contributed by atoms with Gasteiger partial charge in [-0.1, -0.05) is 32.0 Å². The molecule has 2 rings (SSSR count). The molecule has 3 heteroatoms. The number of hydrogen-bond acceptors (Lipinski definition) is 1. The van der Waals surface area contributed by atoms with E-state index in [9.17, 15) is 0 Å². The molecule has 0 bridgehead atoms. The number of hydrogen-bond donors (Lipinski definition) is 1. The Labute approximate surface area is 109 Å². The summed E-state index contributed by atoms with van der Waals surface area (Å²) < 4.78 is 0. The van der Waals surface area contributed by atoms with Gasteiger partial charge < -0.3 is 10.2 Å². The van der Waals surface area contributed by atoms with Crippen LogP contribution in [0.5, 0.6) is 0 Å². The van der Waals surface area contributed by atoms with Crippen molar-refractivity contribution in [2.45, 2.75) is 32.6 Å². The van der Waals surface area contributed by atoms with E-state index in [4.69, 9.17) is 12.2 Å². The van der Waals surface area contributed by atoms with Gasteiger partial charge in [0.05, 0.1) is 0 Å². The Bertz CT molecular complexity index is 395. The Kier molecular flexibility index (Phi) is 4.00. The summed E-state index contributed by atoms with van der Waals surface area (Å²) in [5, 5.41) is 4.26. The van der Waals surface area contributed by atoms with Crippen molar-refractivity contribution in [3.05, 3.63) is 29.8 Å². The van der Waals surface area contributed by atoms with Gasteiger partial charge in [0.15, 0.2) is 5.11 Å². The van der Waals surface area contributed by atoms with E-state index in [-0.39, 0.29) is 0 Å². The first-order valence-corrected chi connectivity index (χ1v) is 6.74. The molecule has 1 fully saturated rings. The minimum absolute atomic E-state index is 0.514. The number of anilines is 1. The summed E-state index contributed by atoms with van der Waals surface area (Å²) >= 11 is 5.46. The van der Waals surface area contributed by atoms with Crippen molar-refractivity contribution in [3.8, 4) is 0 Å². The highest BCUT2D eigenvalue weighted by Crippen LogP contribution is 2.24. The second kappa shape index (κ2) is 5.50. The van der Waals surface area contributed by atoms with Crippen LogP contribution in [0.25, 0.3) is 0 Å². The fourth-order valence-corrected chi connectivity index (χ4v) is 2.52. The molecule has 1 aliphatic heterocycles. The predicted octanol–water partition coefficient (Wildman–Crippen LogP) is 3.60. The Morgan fingerprint density at radius 3 is 2.53 bits per heavy atom. The maximum atomic E-state index is 5.46. The number of nitrogens with one attached hydrogen (secondary N) is 1. The first-order valence-electron chi connectivity index (χ1n) is 6.33. The third-order valence-electron chi connectivity index (χ3n) is 3.22. The molecule has 0 aliphatic carbocycles. The smallest absolute Gasteiger partial charge is 0.173 e. The van der Waals surface area contributed by atoms with Crippen molar-refractivity contribution in [2.75, 3.05) is 18.4 Å². The normalized spacial score (nSPS) is 15.4. The van der Waals surface area contributed by atoms with Crippen molar-refractivity contribution in [1.82, 2.24) is 4.90 Å². The zero-order valence-corrected chi connectivity index (χ0v) is 11.4. The number of nitrogens with zero attached hydrogens (tertiary/aromatic N) is 1. The van der Waals surface area contributed by atoms with Crippen LogP contribution in [0.2, 0.25) is 0 Å². The molecule has 1 aliphatic rings. The van der Waals surface area contributed by atoms with Crippen LogP contribution in [0.3, 0.4) is 0 Å². The number of rotatable bonds is 2. The second-order valence-electron chi connectivity index (χ2n) is 4.87. The molecular weight excluding hydrogens is 228 g/mol. The van der Waals surface area contributed by atoms with E-state index >= 15 is 0 Å². The highest BCUT2D eigenvalue weighted by Gasteiger charge is 2.15. The van der Waals surface area contributed by atoms with Crippen LogP contribution in [0.15, 0.2) is 24.3 Å². The van der Waals surface area contributed by atoms with Crippen LogP contribution in [0, 0.1) is 0 Å². The fourth-order valence-electron chi connectivity index (χ4n) is 2.23. The zero-order chi connectivity index (χ0) is 12.3. The fraction of sp³-hybridized carbons (Fsp3) is 0.500. The molecule has 1 aromatic rings. The molecular formula is C14H20N2S. The first kappa shape index (κ1) is 12.4. The summed E-state index contributed by atoms with van der Waals surface area (Å²) in [7, 11) is 0. The van der Waals surface area contributed by atoms with Crippen LogP contribution in [-0.4, -0.2) is 23.1 Å². The highest BCUT2D eigenvalue weighted by atomic mass is 32.1. The van der Waals surface area contributed by atoms with Crippen molar-refractivity contribution in [1.29, 1.82) is 0 Å². The molecule has 0 saturated carbocycles. The molecule has 1 saturated heterocycles. The van der Waals surface area contributed by atoms with Gasteiger partial charge in [-0.3, -0.25) is 0 Å². The zero-order valence-electron chi connectivity index (χ0n) is 10.6. The molecule has 92 valence electrons. The van der Waals surface area contributed by atoms with Gasteiger partial charge in [-0.15, -0.1) is 0 Å². The lowest BCUT2D eigenvalue weighted by molar-refractivity contribution is 0.528. The van der Waals surface area contributed by atoms with Crippen LogP contribution in [-0.2, 0) is 0 Å². The van der Waals surface area contributed by atoms with Gasteiger partial charge in [-0.25, -0.2) is 0 Å². The van der Waals surface area contributed by atoms with E-state index in [0.29, 0.717) is 5.92 Å². The Morgan fingerprint density at radius 1 is 1.24 bits per heavy atom. The molecule has 0 radical (unpaired) electrons. The van der Waals surface area contributed by atoms with E-state index < -0.39 is 0 Å². The van der Waals surface area contributed by atoms with Crippen molar-refractivity contribution in [2.24, 2.45) is 0 Å². The molecule has 17 heavy (non-hydrogen) atoms. The quantitative estimate of drug-likeness (QED) is 0.805. The Morgan fingerprint density at radius 2 is 1.88 bits per heavy atom. The summed E-state index contributed by atoms with van der Waals surface area (Å²) in [5.41, 5.74) is 2.48. The number of benzene rings is 1. The molecule has 1 N–H and O–H groups in total. The third kappa shape index (κ3) is 2.97. The lowest BCUT2D eigenvalue weighted by Gasteiger charge is -2.22. The SMILES string of the molecule is CC(C)c1ccccc1NC(=S)N1CCCC1. The average molecular weight is 248 g/mol. The van der Waals surface area contributed by atoms with Crippen LogP contribution >= 0.6 is 12.2 Å². The summed E-state index contributed by atoms with van der Waals surface area (Å²) in [6, 6.07) is 8.41. The van der Waals surface area contributed by atoms with Gasteiger partial charge >= 0.3 is 0 Å². The summed E-state index contributed by atoms with van der Waals surface area (Å²) in [6.07, 6.45) is 2.52. The lowest BCUT2D eigenvalue weighted by Crippen LogP contribution is -2.32. The van der Waals surface area contributed by atoms with Crippen molar-refractivity contribution >= 4 is 23.0 Å². The van der Waals surface area contributed by atoms with Crippen LogP contribution in [0.4, 0.5) is 5.69 Å². The Hall–Kier alpha value is -1.09. The van der Waals surface area contributed by atoms with E-state index in [1.807, 2.05) is 0 Å². The summed E-state index contributed by atoms with van der Waals surface area (Å²) in [6.45, 7) is 6.60. The topological polar surface area (TPSA) is 15.3 Å². The Balaban J connectivity index is 2.09. The van der Waals surface area contributed by atoms with E-state index in [1.165, 1.54) is 18.4 Å². The molecule has 0 spiro atoms. The van der Waals surface area contributed by atoms with Crippen molar-refractivity contribution in [3.63, 3.8) is 0 Å². The molecule has 1 heterocycles. The van der Waals surface area contributed by atoms with Gasteiger partial charge in [0.1, 0.15) is 0 Å². The largest absolute Gasteiger partial charge is 0.349 e. The summed E-state index contributed by atoms with van der Waals surface area (Å²) in [4.78, 5) is 2.26. The van der Waals surface area contributed by atoms with Gasteiger partial charge in [-0.2, -0.15) is 0 Å². The molecule has 2 nitrogen and oxygen atoms in total. The molecule has 0 amide bonds. The van der Waals surface area contributed by atoms with Crippen LogP contribution < -0.4 is 5.32 Å². The minimum Gasteiger partial charge on any atom is -0.349 e. The number of para-hydroxylation sites is 1. The predicted molar refractivity (Wildman–Crippen MR) is 77.6 cm³/mol. The first-order chi connectivity index (χ1) is 8.18. The highest BCUT2D eigenvalue weighted by molar-refractivity contribution is 7.80. The summed E-state index contributed by atoms with van der Waals surface area (Å²) in [5.74, 6) is 0.514. The monoisotopic (exact) mass is 248 g/mol. The number of likely N-dealkylation sites (tertiary alicyclic amines) is 1. The van der Waals surface area contributed by atoms with Gasteiger partial charge in [-0.05, 0) is 42.6 Å². The molecule has 0 aromatic heterocycles. The minimum atomic E-state index is 0.514. The van der Waals surface area contributed by atoms with Gasteiger partial charge in [0, 0.05) is 18.8 Å². The maximum Gasteiger partial charge on any atom is 0.173 e. The third-order valence-corrected chi connectivity index (χ3v) is 3.58. The maximum absolute atomic E-state index is 5.46. The van der Waals surface area contributed by atoms with Crippen molar-refractivity contribution < 1.29 is 0 Å². The van der Waals surface area contributed by atoms with Crippen LogP contribution in [0.1, 0.15) is 38.2 Å². The van der Waals surface area contributed by atoms with E-state index in [2.05, 4.69) is 48.3 Å². The molecule has 1 aromatic carbocycles. The van der Waals surface area contributed by atoms with E-state index in [1.54, 1.807) is 0 Å². The number of thiocarbonyl (C=S) groups is 1. The van der Waals surface area contributed by atoms with Gasteiger partial charge in [0.2, 0.25) is 0 Å². The lowest BCUT2D eigenvalue weighted by atomic mass is 10.0.